The molecule has 0 aromatic rings. The van der Waals surface area contributed by atoms with Gasteiger partial charge >= 0.3 is 118 Å². The van der Waals surface area contributed by atoms with Gasteiger partial charge in [-0.2, -0.15) is 0 Å². The zero-order valence-corrected chi connectivity index (χ0v) is 83.9. The first-order valence-electron chi connectivity index (χ1n) is 0. The van der Waals surface area contributed by atoms with Crippen molar-refractivity contribution < 1.29 is 168 Å². The van der Waals surface area contributed by atoms with Crippen LogP contribution in [0, 0.1) is 0 Å². The van der Waals surface area contributed by atoms with E-state index in [9.17, 15) is 0 Å². The fourth-order valence-corrected chi connectivity index (χ4v) is 0. The molecule has 0 aromatic carbocycles. The maximum atomic E-state index is 0. The second kappa shape index (κ2) is 1260. The van der Waals surface area contributed by atoms with Crippen molar-refractivity contribution in [1.82, 2.24) is 0 Å². The molecule has 0 nitrogen and oxygen atoms in total. The van der Waals surface area contributed by atoms with E-state index in [4.69, 9.17) is 0 Å². The quantitative estimate of drug-likeness (QED) is 0.281. The summed E-state index contributed by atoms with van der Waals surface area (Å²) in [5.74, 6) is 0. The maximum Gasteiger partial charge on any atom is 1.00 e. The Balaban J connectivity index is 0. The molecule has 0 aliphatic heterocycles. The van der Waals surface area contributed by atoms with Crippen molar-refractivity contribution in [2.24, 2.45) is 0 Å². The van der Waals surface area contributed by atoms with E-state index in [1.165, 1.54) is 0 Å². The molecular formula is H55Cl59Na4. The number of rotatable bonds is 0. The van der Waals surface area contributed by atoms with Crippen LogP contribution >= 0.6 is 682 Å². The van der Waals surface area contributed by atoms with Crippen LogP contribution in [0.4, 0.5) is 0 Å². The summed E-state index contributed by atoms with van der Waals surface area (Å²) in [5, 5.41) is 0. The topological polar surface area (TPSA) is 0 Å². The van der Waals surface area contributed by atoms with E-state index in [-0.39, 0.29) is 850 Å². The van der Waals surface area contributed by atoms with Crippen LogP contribution in [0.3, 0.4) is 0 Å². The van der Waals surface area contributed by atoms with E-state index in [0.717, 1.165) is 0 Å². The largest absolute Gasteiger partial charge is 1.00 e. The SMILES string of the molecule is Cl.Cl.Cl.Cl.Cl.Cl.Cl.Cl.Cl.Cl.Cl.Cl.Cl.Cl.Cl.Cl.Cl.Cl.Cl.Cl.Cl.Cl.Cl.Cl.Cl.Cl.Cl.Cl.Cl.Cl.Cl.Cl.Cl.Cl.Cl.Cl.Cl.Cl.Cl.Cl.Cl.Cl.Cl.Cl.Cl.Cl.Cl.Cl.Cl.Cl.Cl.Cl.Cl.Cl.Cl.[Cl-].[Cl-].[Cl-].[Cl-].[Na+].[Na+].[Na+].[Na+]. The summed E-state index contributed by atoms with van der Waals surface area (Å²) in [6, 6.07) is 0. The summed E-state index contributed by atoms with van der Waals surface area (Å²) in [6.45, 7) is 0. The first-order valence-corrected chi connectivity index (χ1v) is 0. The molecule has 0 N–H and O–H groups in total. The van der Waals surface area contributed by atoms with E-state index < -0.39 is 0 Å². The zero-order valence-electron chi connectivity index (χ0n) is 28.0. The van der Waals surface area contributed by atoms with Gasteiger partial charge in [0.2, 0.25) is 0 Å². The van der Waals surface area contributed by atoms with Gasteiger partial charge in [-0.1, -0.05) is 0 Å². The van der Waals surface area contributed by atoms with Crippen LogP contribution in [0.5, 0.6) is 0 Å². The minimum Gasteiger partial charge on any atom is -1.00 e. The second-order valence-corrected chi connectivity index (χ2v) is 0. The molecule has 0 spiro atoms. The van der Waals surface area contributed by atoms with Gasteiger partial charge in [-0.25, -0.2) is 0 Å². The van der Waals surface area contributed by atoms with Crippen molar-refractivity contribution in [1.29, 1.82) is 0 Å². The third kappa shape index (κ3) is 1230. The molecule has 0 radical (unpaired) electrons. The molecule has 0 saturated heterocycles. The Morgan fingerprint density at radius 3 is 0.0476 bits per heavy atom. The van der Waals surface area contributed by atoms with E-state index in [1.807, 2.05) is 0 Å². The van der Waals surface area contributed by atoms with Crippen LogP contribution in [-0.2, 0) is 0 Å². The van der Waals surface area contributed by atoms with Gasteiger partial charge in [0.15, 0.2) is 0 Å². The third-order valence-corrected chi connectivity index (χ3v) is 0. The Hall–Kier alpha value is 21.1. The summed E-state index contributed by atoms with van der Waals surface area (Å²) >= 11 is 0. The van der Waals surface area contributed by atoms with Crippen LogP contribution in [0.15, 0.2) is 0 Å². The van der Waals surface area contributed by atoms with Crippen molar-refractivity contribution in [3.63, 3.8) is 0 Å². The fourth-order valence-electron chi connectivity index (χ4n) is 0. The molecule has 0 aliphatic rings. The number of halogens is 59. The Morgan fingerprint density at radius 1 is 0.0476 bits per heavy atom. The van der Waals surface area contributed by atoms with Crippen molar-refractivity contribution in [2.45, 2.75) is 0 Å². The van der Waals surface area contributed by atoms with Crippen LogP contribution in [0.1, 0.15) is 0 Å². The second-order valence-electron chi connectivity index (χ2n) is 0. The summed E-state index contributed by atoms with van der Waals surface area (Å²) in [6.07, 6.45) is 0. The minimum absolute atomic E-state index is 0. The molecule has 0 aromatic heterocycles. The van der Waals surface area contributed by atoms with Crippen molar-refractivity contribution in [2.75, 3.05) is 0 Å². The first-order chi connectivity index (χ1) is 0. The summed E-state index contributed by atoms with van der Waals surface area (Å²) in [7, 11) is 0. The molecule has 0 atom stereocenters. The molecule has 472 valence electrons. The Labute approximate surface area is 832 Å². The molecule has 0 aliphatic carbocycles. The summed E-state index contributed by atoms with van der Waals surface area (Å²) in [5.41, 5.74) is 0. The summed E-state index contributed by atoms with van der Waals surface area (Å²) in [4.78, 5) is 0. The molecular weight excluding hydrogens is 2180 g/mol. The molecule has 0 unspecified atom stereocenters. The van der Waals surface area contributed by atoms with Crippen LogP contribution < -0.4 is 168 Å². The molecule has 63 heteroatoms. The van der Waals surface area contributed by atoms with Crippen molar-refractivity contribution >= 4 is 682 Å². The molecule has 0 heterocycles. The Bertz CT molecular complexity index is 21.5. The predicted octanol–water partition coefficient (Wildman–Crippen LogP) is -0.769. The standard InChI is InChI=1S/59ClH.4Na/h59*1H;;;;/q;;;;;;;;;;;;;;;;;;;;;;;;;;;;;;;;;;;;;;;;;;;;;;;;;;;;;;;;;;;4*+1/p-4. The zero-order chi connectivity index (χ0) is 0. The fraction of sp³-hybridized carbons (Fsp3) is 0. The van der Waals surface area contributed by atoms with E-state index in [1.54, 1.807) is 0 Å². The van der Waals surface area contributed by atoms with Gasteiger partial charge in [0.25, 0.3) is 0 Å². The average Bonchev–Trinajstić information content (AvgIpc) is 0. The molecule has 0 saturated carbocycles. The van der Waals surface area contributed by atoms with Gasteiger partial charge in [-0.05, 0) is 0 Å². The van der Waals surface area contributed by atoms with Gasteiger partial charge in [0.1, 0.15) is 0 Å². The smallest absolute Gasteiger partial charge is 1.00 e. The molecule has 0 rings (SSSR count). The van der Waals surface area contributed by atoms with Crippen molar-refractivity contribution in [3.05, 3.63) is 0 Å². The van der Waals surface area contributed by atoms with E-state index >= 15 is 0 Å². The van der Waals surface area contributed by atoms with Gasteiger partial charge in [0.05, 0.1) is 0 Å². The molecule has 0 bridgehead atoms. The van der Waals surface area contributed by atoms with Crippen LogP contribution in [0.2, 0.25) is 0 Å². The first kappa shape index (κ1) is 1300. The third-order valence-electron chi connectivity index (χ3n) is 0. The Kier molecular flexibility index (Phi) is 26000. The molecule has 63 heavy (non-hydrogen) atoms. The molecule has 0 amide bonds. The van der Waals surface area contributed by atoms with E-state index in [2.05, 4.69) is 0 Å². The number of hydrogen-bond acceptors (Lipinski definition) is 0. The van der Waals surface area contributed by atoms with E-state index in [0.29, 0.717) is 0 Å². The van der Waals surface area contributed by atoms with Gasteiger partial charge in [-0.15, -0.1) is 682 Å². The minimum atomic E-state index is 0. The number of hydrogen-bond donors (Lipinski definition) is 0. The normalized spacial score (nSPS) is 0. The van der Waals surface area contributed by atoms with Crippen LogP contribution in [0.25, 0.3) is 0 Å². The Morgan fingerprint density at radius 2 is 0.0476 bits per heavy atom. The van der Waals surface area contributed by atoms with Gasteiger partial charge in [-0.3, -0.25) is 0 Å². The summed E-state index contributed by atoms with van der Waals surface area (Å²) < 4.78 is 0. The van der Waals surface area contributed by atoms with Crippen LogP contribution in [-0.4, -0.2) is 0 Å². The maximum absolute atomic E-state index is 0. The van der Waals surface area contributed by atoms with Gasteiger partial charge < -0.3 is 49.6 Å². The predicted molar refractivity (Wildman–Crippen MR) is 399 cm³/mol. The van der Waals surface area contributed by atoms with Gasteiger partial charge in [0, 0.05) is 0 Å². The van der Waals surface area contributed by atoms with Crippen molar-refractivity contribution in [3.8, 4) is 0 Å². The average molecular weight is 2240 g/mol. The molecule has 0 fully saturated rings. The monoisotopic (exact) mass is 2210 g/mol.